The van der Waals surface area contributed by atoms with Crippen LogP contribution in [-0.4, -0.2) is 68.5 Å². The van der Waals surface area contributed by atoms with Crippen LogP contribution in [0.3, 0.4) is 0 Å². The lowest BCUT2D eigenvalue weighted by Crippen LogP contribution is -2.48. The Morgan fingerprint density at radius 3 is 2.80 bits per heavy atom. The summed E-state index contributed by atoms with van der Waals surface area (Å²) in [4.78, 5) is 14.5. The van der Waals surface area contributed by atoms with Crippen molar-refractivity contribution in [3.8, 4) is 0 Å². The molecule has 3 rings (SSSR count). The second-order valence-corrected chi connectivity index (χ2v) is 8.48. The molecule has 7 heteroatoms. The second-order valence-electron chi connectivity index (χ2n) is 6.25. The summed E-state index contributed by atoms with van der Waals surface area (Å²) in [6.07, 6.45) is 3.87. The molecule has 0 aromatic heterocycles. The van der Waals surface area contributed by atoms with E-state index in [0.717, 1.165) is 25.6 Å². The molecule has 2 atom stereocenters. The smallest absolute Gasteiger partial charge is 0.221 e. The predicted octanol–water partition coefficient (Wildman–Crippen LogP) is -0.884. The Labute approximate surface area is 120 Å². The highest BCUT2D eigenvalue weighted by molar-refractivity contribution is 7.91. The van der Waals surface area contributed by atoms with Crippen LogP contribution < -0.4 is 10.6 Å². The molecule has 20 heavy (non-hydrogen) atoms. The van der Waals surface area contributed by atoms with Crippen LogP contribution >= 0.6 is 0 Å². The zero-order valence-electron chi connectivity index (χ0n) is 11.7. The van der Waals surface area contributed by atoms with Crippen LogP contribution in [0, 0.1) is 0 Å². The highest BCUT2D eigenvalue weighted by atomic mass is 32.2. The van der Waals surface area contributed by atoms with Crippen molar-refractivity contribution < 1.29 is 13.2 Å². The van der Waals surface area contributed by atoms with Gasteiger partial charge in [-0.25, -0.2) is 8.42 Å². The van der Waals surface area contributed by atoms with Crippen molar-refractivity contribution in [3.05, 3.63) is 0 Å². The molecule has 3 fully saturated rings. The molecule has 1 aliphatic carbocycles. The summed E-state index contributed by atoms with van der Waals surface area (Å²) in [6.45, 7) is 2.48. The van der Waals surface area contributed by atoms with Crippen LogP contribution in [0.4, 0.5) is 0 Å². The third kappa shape index (κ3) is 3.71. The van der Waals surface area contributed by atoms with Gasteiger partial charge in [-0.1, -0.05) is 0 Å². The lowest BCUT2D eigenvalue weighted by atomic mass is 10.2. The molecule has 2 N–H and O–H groups in total. The Morgan fingerprint density at radius 1 is 1.30 bits per heavy atom. The maximum Gasteiger partial charge on any atom is 0.221 e. The number of hydrogen-bond acceptors (Lipinski definition) is 5. The quantitative estimate of drug-likeness (QED) is 0.705. The van der Waals surface area contributed by atoms with E-state index in [9.17, 15) is 13.2 Å². The Balaban J connectivity index is 1.43. The van der Waals surface area contributed by atoms with Crippen molar-refractivity contribution in [1.29, 1.82) is 0 Å². The molecule has 3 aliphatic rings. The van der Waals surface area contributed by atoms with Crippen LogP contribution in [-0.2, 0) is 14.6 Å². The number of hydrogen-bond donors (Lipinski definition) is 2. The SMILES string of the molecule is O=C(CC1CS(=O)(=O)CCN1)NC1CCN(C2CC2)C1. The third-order valence-electron chi connectivity index (χ3n) is 4.38. The highest BCUT2D eigenvalue weighted by Crippen LogP contribution is 2.29. The Bertz CT molecular complexity index is 475. The van der Waals surface area contributed by atoms with E-state index < -0.39 is 9.84 Å². The Hall–Kier alpha value is -0.660. The average molecular weight is 301 g/mol. The normalized spacial score (nSPS) is 34.0. The van der Waals surface area contributed by atoms with E-state index >= 15 is 0 Å². The number of carbonyl (C=O) groups excluding carboxylic acids is 1. The van der Waals surface area contributed by atoms with E-state index in [2.05, 4.69) is 15.5 Å². The number of rotatable bonds is 4. The molecule has 0 aromatic carbocycles. The number of nitrogens with one attached hydrogen (secondary N) is 2. The second kappa shape index (κ2) is 5.61. The summed E-state index contributed by atoms with van der Waals surface area (Å²) in [5.74, 6) is 0.242. The Kier molecular flexibility index (Phi) is 4.01. The van der Waals surface area contributed by atoms with Crippen LogP contribution in [0.1, 0.15) is 25.7 Å². The molecule has 0 aromatic rings. The van der Waals surface area contributed by atoms with Crippen molar-refractivity contribution in [1.82, 2.24) is 15.5 Å². The minimum atomic E-state index is -2.97. The zero-order valence-corrected chi connectivity index (χ0v) is 12.5. The molecule has 2 saturated heterocycles. The zero-order chi connectivity index (χ0) is 14.2. The molecular weight excluding hydrogens is 278 g/mol. The minimum Gasteiger partial charge on any atom is -0.352 e. The Morgan fingerprint density at radius 2 is 2.10 bits per heavy atom. The van der Waals surface area contributed by atoms with Gasteiger partial charge in [-0.05, 0) is 19.3 Å². The van der Waals surface area contributed by atoms with Gasteiger partial charge in [0.25, 0.3) is 0 Å². The first kappa shape index (κ1) is 14.3. The summed E-state index contributed by atoms with van der Waals surface area (Å²) in [5, 5.41) is 6.17. The molecule has 0 radical (unpaired) electrons. The minimum absolute atomic E-state index is 0.0257. The van der Waals surface area contributed by atoms with Gasteiger partial charge in [0.05, 0.1) is 11.5 Å². The van der Waals surface area contributed by atoms with Gasteiger partial charge in [0, 0.05) is 44.2 Å². The van der Waals surface area contributed by atoms with Gasteiger partial charge < -0.3 is 10.6 Å². The molecule has 114 valence electrons. The van der Waals surface area contributed by atoms with Gasteiger partial charge in [0.15, 0.2) is 9.84 Å². The average Bonchev–Trinajstić information content (AvgIpc) is 3.09. The van der Waals surface area contributed by atoms with Crippen LogP contribution in [0.15, 0.2) is 0 Å². The van der Waals surface area contributed by atoms with E-state index in [4.69, 9.17) is 0 Å². The van der Waals surface area contributed by atoms with Crippen LogP contribution in [0.5, 0.6) is 0 Å². The van der Waals surface area contributed by atoms with Gasteiger partial charge in [0.1, 0.15) is 0 Å². The van der Waals surface area contributed by atoms with Crippen LogP contribution in [0.2, 0.25) is 0 Å². The summed E-state index contributed by atoms with van der Waals surface area (Å²) >= 11 is 0. The van der Waals surface area contributed by atoms with Gasteiger partial charge in [-0.15, -0.1) is 0 Å². The van der Waals surface area contributed by atoms with Crippen molar-refractivity contribution in [3.63, 3.8) is 0 Å². The van der Waals surface area contributed by atoms with Crippen molar-refractivity contribution in [2.75, 3.05) is 31.1 Å². The molecule has 2 aliphatic heterocycles. The predicted molar refractivity (Wildman–Crippen MR) is 76.2 cm³/mol. The summed E-state index contributed by atoms with van der Waals surface area (Å²) in [5.41, 5.74) is 0. The first-order valence-electron chi connectivity index (χ1n) is 7.49. The third-order valence-corrected chi connectivity index (χ3v) is 6.12. The molecule has 0 bridgehead atoms. The highest BCUT2D eigenvalue weighted by Gasteiger charge is 2.35. The van der Waals surface area contributed by atoms with Crippen molar-refractivity contribution >= 4 is 15.7 Å². The fourth-order valence-corrected chi connectivity index (χ4v) is 4.63. The first-order valence-corrected chi connectivity index (χ1v) is 9.31. The molecule has 2 heterocycles. The van der Waals surface area contributed by atoms with Gasteiger partial charge in [0.2, 0.25) is 5.91 Å². The van der Waals surface area contributed by atoms with Gasteiger partial charge >= 0.3 is 0 Å². The number of likely N-dealkylation sites (tertiary alicyclic amines) is 1. The maximum atomic E-state index is 12.0. The number of carbonyl (C=O) groups is 1. The fourth-order valence-electron chi connectivity index (χ4n) is 3.19. The lowest BCUT2D eigenvalue weighted by Gasteiger charge is -2.24. The van der Waals surface area contributed by atoms with E-state index in [1.54, 1.807) is 0 Å². The van der Waals surface area contributed by atoms with E-state index in [0.29, 0.717) is 6.54 Å². The van der Waals surface area contributed by atoms with E-state index in [1.807, 2.05) is 0 Å². The number of amides is 1. The fraction of sp³-hybridized carbons (Fsp3) is 0.923. The molecule has 2 unspecified atom stereocenters. The number of nitrogens with zero attached hydrogens (tertiary/aromatic N) is 1. The summed E-state index contributed by atoms with van der Waals surface area (Å²) in [6, 6.07) is 0.764. The molecule has 1 saturated carbocycles. The molecular formula is C13H23N3O3S. The van der Waals surface area contributed by atoms with Crippen molar-refractivity contribution in [2.45, 2.75) is 43.8 Å². The molecule has 6 nitrogen and oxygen atoms in total. The monoisotopic (exact) mass is 301 g/mol. The molecule has 1 amide bonds. The summed E-state index contributed by atoms with van der Waals surface area (Å²) in [7, 11) is -2.97. The van der Waals surface area contributed by atoms with Crippen LogP contribution in [0.25, 0.3) is 0 Å². The van der Waals surface area contributed by atoms with E-state index in [-0.39, 0.29) is 35.9 Å². The summed E-state index contributed by atoms with van der Waals surface area (Å²) < 4.78 is 23.1. The van der Waals surface area contributed by atoms with Crippen molar-refractivity contribution in [2.24, 2.45) is 0 Å². The standard InChI is InChI=1S/C13H23N3O3S/c17-13(7-11-9-20(18,19)6-4-14-11)15-10-3-5-16(8-10)12-1-2-12/h10-12,14H,1-9H2,(H,15,17). The maximum absolute atomic E-state index is 12.0. The first-order chi connectivity index (χ1) is 9.52. The molecule has 0 spiro atoms. The topological polar surface area (TPSA) is 78.5 Å². The largest absolute Gasteiger partial charge is 0.352 e. The van der Waals surface area contributed by atoms with Gasteiger partial charge in [-0.2, -0.15) is 0 Å². The number of sulfone groups is 1. The van der Waals surface area contributed by atoms with E-state index in [1.165, 1.54) is 12.8 Å². The lowest BCUT2D eigenvalue weighted by molar-refractivity contribution is -0.122. The van der Waals surface area contributed by atoms with Gasteiger partial charge in [-0.3, -0.25) is 9.69 Å².